The van der Waals surface area contributed by atoms with Crippen molar-refractivity contribution in [3.8, 4) is 0 Å². The highest BCUT2D eigenvalue weighted by molar-refractivity contribution is 7.89. The number of esters is 1. The van der Waals surface area contributed by atoms with Crippen LogP contribution in [0.2, 0.25) is 0 Å². The molecule has 0 heterocycles. The average Bonchev–Trinajstić information content (AvgIpc) is 2.65. The molecule has 0 saturated carbocycles. The Balaban J connectivity index is 1.80. The van der Waals surface area contributed by atoms with Crippen LogP contribution in [-0.2, 0) is 30.9 Å². The third-order valence-electron chi connectivity index (χ3n) is 3.72. The lowest BCUT2D eigenvalue weighted by atomic mass is 10.2. The molecule has 0 spiro atoms. The van der Waals surface area contributed by atoms with Crippen molar-refractivity contribution in [2.75, 3.05) is 6.54 Å². The van der Waals surface area contributed by atoms with Gasteiger partial charge in [-0.15, -0.1) is 0 Å². The maximum atomic E-state index is 12.1. The van der Waals surface area contributed by atoms with Gasteiger partial charge in [0.25, 0.3) is 5.91 Å². The number of rotatable bonds is 8. The molecule has 1 amide bonds. The normalized spacial score (nSPS) is 12.2. The summed E-state index contributed by atoms with van der Waals surface area (Å²) < 4.78 is 31.4. The number of hydrogen-bond acceptors (Lipinski definition) is 5. The fourth-order valence-electron chi connectivity index (χ4n) is 2.18. The molecule has 0 radical (unpaired) electrons. The van der Waals surface area contributed by atoms with Crippen LogP contribution in [0.1, 0.15) is 18.1 Å². The number of amides is 1. The summed E-state index contributed by atoms with van der Waals surface area (Å²) in [5, 5.41) is 2.65. The smallest absolute Gasteiger partial charge is 0.321 e. The molecule has 7 nitrogen and oxygen atoms in total. The summed E-state index contributed by atoms with van der Waals surface area (Å²) in [7, 11) is -3.83. The van der Waals surface area contributed by atoms with E-state index in [0.29, 0.717) is 6.54 Å². The number of carbonyl (C=O) groups excluding carboxylic acids is 2. The summed E-state index contributed by atoms with van der Waals surface area (Å²) in [5.74, 6) is -1.30. The zero-order chi connectivity index (χ0) is 19.9. The van der Waals surface area contributed by atoms with Gasteiger partial charge in [0.05, 0.1) is 4.90 Å². The predicted octanol–water partition coefficient (Wildman–Crippen LogP) is 1.52. The van der Waals surface area contributed by atoms with E-state index in [1.807, 2.05) is 37.3 Å². The highest BCUT2D eigenvalue weighted by Crippen LogP contribution is 2.09. The van der Waals surface area contributed by atoms with Crippen molar-refractivity contribution < 1.29 is 22.7 Å². The summed E-state index contributed by atoms with van der Waals surface area (Å²) in [6.07, 6.45) is -1.04. The number of ether oxygens (including phenoxy) is 1. The van der Waals surface area contributed by atoms with E-state index < -0.39 is 34.5 Å². The molecule has 0 unspecified atom stereocenters. The zero-order valence-corrected chi connectivity index (χ0v) is 16.0. The third kappa shape index (κ3) is 6.50. The molecule has 144 valence electrons. The third-order valence-corrected chi connectivity index (χ3v) is 5.14. The van der Waals surface area contributed by atoms with Crippen LogP contribution in [0.3, 0.4) is 0 Å². The quantitative estimate of drug-likeness (QED) is 0.666. The van der Waals surface area contributed by atoms with Crippen LogP contribution in [0.4, 0.5) is 0 Å². The predicted molar refractivity (Wildman–Crippen MR) is 100 cm³/mol. The average molecular weight is 390 g/mol. The molecule has 0 fully saturated rings. The molecule has 2 aromatic carbocycles. The molecule has 0 aliphatic carbocycles. The zero-order valence-electron chi connectivity index (χ0n) is 15.1. The first-order valence-corrected chi connectivity index (χ1v) is 9.84. The standard InChI is InChI=1S/C19H22N2O5S/c1-14-8-10-17(11-9-14)27(24,25)21-13-18(22)26-15(2)19(23)20-12-16-6-4-3-5-7-16/h3-11,15,21H,12-13H2,1-2H3,(H,20,23)/t15-/m0/s1. The lowest BCUT2D eigenvalue weighted by Gasteiger charge is -2.14. The first kappa shape index (κ1) is 20.6. The number of nitrogens with one attached hydrogen (secondary N) is 2. The Bertz CT molecular complexity index is 880. The second-order valence-electron chi connectivity index (χ2n) is 5.97. The van der Waals surface area contributed by atoms with Crippen LogP contribution in [0, 0.1) is 6.92 Å². The maximum absolute atomic E-state index is 12.1. The first-order chi connectivity index (χ1) is 12.8. The molecule has 0 aromatic heterocycles. The molecule has 8 heteroatoms. The molecule has 2 aromatic rings. The van der Waals surface area contributed by atoms with Gasteiger partial charge in [0, 0.05) is 6.54 Å². The highest BCUT2D eigenvalue weighted by atomic mass is 32.2. The topological polar surface area (TPSA) is 102 Å². The number of benzene rings is 2. The Morgan fingerprint density at radius 1 is 1.04 bits per heavy atom. The number of sulfonamides is 1. The minimum atomic E-state index is -3.83. The summed E-state index contributed by atoms with van der Waals surface area (Å²) >= 11 is 0. The van der Waals surface area contributed by atoms with Gasteiger partial charge in [-0.25, -0.2) is 8.42 Å². The van der Waals surface area contributed by atoms with E-state index in [9.17, 15) is 18.0 Å². The van der Waals surface area contributed by atoms with Gasteiger partial charge >= 0.3 is 5.97 Å². The summed E-state index contributed by atoms with van der Waals surface area (Å²) in [4.78, 5) is 23.9. The molecular weight excluding hydrogens is 368 g/mol. The van der Waals surface area contributed by atoms with Crippen LogP contribution in [0.5, 0.6) is 0 Å². The SMILES string of the molecule is Cc1ccc(S(=O)(=O)NCC(=O)O[C@@H](C)C(=O)NCc2ccccc2)cc1. The fraction of sp³-hybridized carbons (Fsp3) is 0.263. The van der Waals surface area contributed by atoms with Crippen molar-refractivity contribution in [1.29, 1.82) is 0 Å². The summed E-state index contributed by atoms with van der Waals surface area (Å²) in [5.41, 5.74) is 1.83. The largest absolute Gasteiger partial charge is 0.452 e. The summed E-state index contributed by atoms with van der Waals surface area (Å²) in [6, 6.07) is 15.5. The Labute approximate surface area is 158 Å². The van der Waals surface area contributed by atoms with Gasteiger partial charge in [-0.1, -0.05) is 48.0 Å². The van der Waals surface area contributed by atoms with Gasteiger partial charge in [0.2, 0.25) is 10.0 Å². The molecule has 2 rings (SSSR count). The van der Waals surface area contributed by atoms with E-state index in [1.165, 1.54) is 19.1 Å². The van der Waals surface area contributed by atoms with E-state index >= 15 is 0 Å². The van der Waals surface area contributed by atoms with Gasteiger partial charge in [-0.2, -0.15) is 4.72 Å². The molecule has 0 saturated heterocycles. The first-order valence-electron chi connectivity index (χ1n) is 8.35. The van der Waals surface area contributed by atoms with Crippen LogP contribution < -0.4 is 10.0 Å². The minimum absolute atomic E-state index is 0.0505. The van der Waals surface area contributed by atoms with Gasteiger partial charge in [0.15, 0.2) is 6.10 Å². The van der Waals surface area contributed by atoms with Crippen molar-refractivity contribution >= 4 is 21.9 Å². The number of aryl methyl sites for hydroxylation is 1. The van der Waals surface area contributed by atoms with Crippen LogP contribution in [0.15, 0.2) is 59.5 Å². The molecule has 1 atom stereocenters. The molecular formula is C19H22N2O5S. The lowest BCUT2D eigenvalue weighted by Crippen LogP contribution is -2.38. The van der Waals surface area contributed by atoms with E-state index in [1.54, 1.807) is 12.1 Å². The molecule has 2 N–H and O–H groups in total. The number of hydrogen-bond donors (Lipinski definition) is 2. The van der Waals surface area contributed by atoms with Crippen molar-refractivity contribution in [1.82, 2.24) is 10.0 Å². The van der Waals surface area contributed by atoms with E-state index in [2.05, 4.69) is 10.0 Å². The van der Waals surface area contributed by atoms with Crippen molar-refractivity contribution in [2.45, 2.75) is 31.4 Å². The van der Waals surface area contributed by atoms with Gasteiger partial charge in [-0.3, -0.25) is 9.59 Å². The van der Waals surface area contributed by atoms with E-state index in [4.69, 9.17) is 4.74 Å². The molecule has 0 aliphatic rings. The van der Waals surface area contributed by atoms with Crippen molar-refractivity contribution in [3.63, 3.8) is 0 Å². The Morgan fingerprint density at radius 2 is 1.67 bits per heavy atom. The van der Waals surface area contributed by atoms with Crippen molar-refractivity contribution in [2.24, 2.45) is 0 Å². The molecule has 0 aliphatic heterocycles. The summed E-state index contributed by atoms with van der Waals surface area (Å²) in [6.45, 7) is 3.01. The van der Waals surface area contributed by atoms with Gasteiger partial charge in [0.1, 0.15) is 6.54 Å². The van der Waals surface area contributed by atoms with Gasteiger partial charge < -0.3 is 10.1 Å². The van der Waals surface area contributed by atoms with Crippen LogP contribution in [0.25, 0.3) is 0 Å². The Morgan fingerprint density at radius 3 is 2.30 bits per heavy atom. The maximum Gasteiger partial charge on any atom is 0.321 e. The molecule has 27 heavy (non-hydrogen) atoms. The Hall–Kier alpha value is -2.71. The van der Waals surface area contributed by atoms with Crippen molar-refractivity contribution in [3.05, 3.63) is 65.7 Å². The van der Waals surface area contributed by atoms with E-state index in [0.717, 1.165) is 11.1 Å². The lowest BCUT2D eigenvalue weighted by molar-refractivity contribution is -0.153. The second kappa shape index (κ2) is 9.29. The van der Waals surface area contributed by atoms with Crippen LogP contribution >= 0.6 is 0 Å². The van der Waals surface area contributed by atoms with Gasteiger partial charge in [-0.05, 0) is 31.5 Å². The fourth-order valence-corrected chi connectivity index (χ4v) is 3.14. The second-order valence-corrected chi connectivity index (χ2v) is 7.74. The Kier molecular flexibility index (Phi) is 7.09. The van der Waals surface area contributed by atoms with E-state index in [-0.39, 0.29) is 4.90 Å². The highest BCUT2D eigenvalue weighted by Gasteiger charge is 2.20. The molecule has 0 bridgehead atoms. The number of carbonyl (C=O) groups is 2. The minimum Gasteiger partial charge on any atom is -0.452 e. The monoisotopic (exact) mass is 390 g/mol. The van der Waals surface area contributed by atoms with Crippen LogP contribution in [-0.4, -0.2) is 32.9 Å².